The van der Waals surface area contributed by atoms with Crippen molar-refractivity contribution in [3.05, 3.63) is 57.9 Å². The summed E-state index contributed by atoms with van der Waals surface area (Å²) in [5, 5.41) is 2.66. The molecule has 1 amide bonds. The van der Waals surface area contributed by atoms with Crippen molar-refractivity contribution in [1.29, 1.82) is 0 Å². The lowest BCUT2D eigenvalue weighted by molar-refractivity contribution is -0.120. The third-order valence-corrected chi connectivity index (χ3v) is 8.27. The highest BCUT2D eigenvalue weighted by Crippen LogP contribution is 2.31. The van der Waals surface area contributed by atoms with Crippen molar-refractivity contribution < 1.29 is 17.6 Å². The number of hydrogen-bond acceptors (Lipinski definition) is 3. The number of carbonyl (C=O) groups excluding carboxylic acids is 1. The topological polar surface area (TPSA) is 66.5 Å². The van der Waals surface area contributed by atoms with Crippen LogP contribution < -0.4 is 5.32 Å². The van der Waals surface area contributed by atoms with Gasteiger partial charge in [-0.05, 0) is 87.4 Å². The van der Waals surface area contributed by atoms with E-state index in [2.05, 4.69) is 5.32 Å². The quantitative estimate of drug-likeness (QED) is 0.778. The van der Waals surface area contributed by atoms with Gasteiger partial charge in [0.25, 0.3) is 0 Å². The number of sulfonamides is 1. The fourth-order valence-electron chi connectivity index (χ4n) is 4.02. The highest BCUT2D eigenvalue weighted by atomic mass is 32.2. The molecule has 1 fully saturated rings. The number of piperidine rings is 1. The zero-order chi connectivity index (χ0) is 22.2. The van der Waals surface area contributed by atoms with Gasteiger partial charge >= 0.3 is 0 Å². The highest BCUT2D eigenvalue weighted by molar-refractivity contribution is 7.89. The molecule has 0 atom stereocenters. The van der Waals surface area contributed by atoms with Gasteiger partial charge in [-0.2, -0.15) is 4.31 Å². The van der Waals surface area contributed by atoms with Crippen LogP contribution in [-0.2, 0) is 14.8 Å². The van der Waals surface area contributed by atoms with Crippen molar-refractivity contribution in [2.75, 3.05) is 18.4 Å². The van der Waals surface area contributed by atoms with Crippen LogP contribution in [0, 0.1) is 46.4 Å². The fourth-order valence-corrected chi connectivity index (χ4v) is 6.07. The summed E-state index contributed by atoms with van der Waals surface area (Å²) in [7, 11) is -3.65. The minimum Gasteiger partial charge on any atom is -0.323 e. The van der Waals surface area contributed by atoms with Crippen molar-refractivity contribution in [2.24, 2.45) is 5.92 Å². The van der Waals surface area contributed by atoms with E-state index in [0.717, 1.165) is 27.8 Å². The summed E-state index contributed by atoms with van der Waals surface area (Å²) in [5.41, 5.74) is 4.46. The van der Waals surface area contributed by atoms with E-state index in [1.54, 1.807) is 12.1 Å². The molecule has 2 aromatic carbocycles. The number of rotatable bonds is 4. The maximum absolute atomic E-state index is 13.9. The predicted molar refractivity (Wildman–Crippen MR) is 117 cm³/mol. The van der Waals surface area contributed by atoms with Crippen LogP contribution in [0.4, 0.5) is 10.1 Å². The van der Waals surface area contributed by atoms with Crippen LogP contribution >= 0.6 is 0 Å². The Kier molecular flexibility index (Phi) is 6.34. The van der Waals surface area contributed by atoms with E-state index in [1.165, 1.54) is 10.4 Å². The SMILES string of the molecule is Cc1ccc(F)c(NC(=O)C2CCN(S(=O)(=O)c3c(C)c(C)cc(C)c3C)CC2)c1. The van der Waals surface area contributed by atoms with Gasteiger partial charge in [-0.3, -0.25) is 4.79 Å². The van der Waals surface area contributed by atoms with Crippen LogP contribution in [0.3, 0.4) is 0 Å². The first kappa shape index (κ1) is 22.4. The van der Waals surface area contributed by atoms with Gasteiger partial charge in [0.2, 0.25) is 15.9 Å². The normalized spacial score (nSPS) is 15.9. The second kappa shape index (κ2) is 8.47. The Morgan fingerprint density at radius 2 is 1.57 bits per heavy atom. The number of benzene rings is 2. The smallest absolute Gasteiger partial charge is 0.243 e. The van der Waals surface area contributed by atoms with E-state index in [9.17, 15) is 17.6 Å². The summed E-state index contributed by atoms with van der Waals surface area (Å²) in [6.45, 7) is 9.88. The van der Waals surface area contributed by atoms with Crippen molar-refractivity contribution in [2.45, 2.75) is 52.4 Å². The maximum Gasteiger partial charge on any atom is 0.243 e. The van der Waals surface area contributed by atoms with Crippen LogP contribution in [0.5, 0.6) is 0 Å². The number of amides is 1. The van der Waals surface area contributed by atoms with E-state index in [0.29, 0.717) is 17.7 Å². The molecular weight excluding hydrogens is 403 g/mol. The van der Waals surface area contributed by atoms with Gasteiger partial charge in [0, 0.05) is 19.0 Å². The molecule has 1 heterocycles. The molecule has 0 aromatic heterocycles. The summed E-state index contributed by atoms with van der Waals surface area (Å²) in [6.07, 6.45) is 0.808. The van der Waals surface area contributed by atoms with Crippen molar-refractivity contribution >= 4 is 21.6 Å². The average Bonchev–Trinajstić information content (AvgIpc) is 2.69. The monoisotopic (exact) mass is 432 g/mol. The number of hydrogen-bond donors (Lipinski definition) is 1. The van der Waals surface area contributed by atoms with E-state index in [4.69, 9.17) is 0 Å². The molecule has 0 radical (unpaired) electrons. The third kappa shape index (κ3) is 4.27. The second-order valence-corrected chi connectivity index (χ2v) is 10.1. The molecular formula is C23H29FN2O3S. The van der Waals surface area contributed by atoms with E-state index >= 15 is 0 Å². The summed E-state index contributed by atoms with van der Waals surface area (Å²) in [5.74, 6) is -1.09. The van der Waals surface area contributed by atoms with Crippen LogP contribution in [-0.4, -0.2) is 31.7 Å². The molecule has 0 bridgehead atoms. The second-order valence-electron chi connectivity index (χ2n) is 8.24. The number of nitrogens with one attached hydrogen (secondary N) is 1. The maximum atomic E-state index is 13.9. The molecule has 1 N–H and O–H groups in total. The van der Waals surface area contributed by atoms with Gasteiger partial charge in [-0.15, -0.1) is 0 Å². The summed E-state index contributed by atoms with van der Waals surface area (Å²) < 4.78 is 42.1. The molecule has 2 aromatic rings. The number of carbonyl (C=O) groups is 1. The van der Waals surface area contributed by atoms with E-state index in [1.807, 2.05) is 40.7 Å². The Balaban J connectivity index is 1.74. The van der Waals surface area contributed by atoms with Gasteiger partial charge in [0.15, 0.2) is 0 Å². The Morgan fingerprint density at radius 1 is 1.00 bits per heavy atom. The van der Waals surface area contributed by atoms with E-state index < -0.39 is 15.8 Å². The summed E-state index contributed by atoms with van der Waals surface area (Å²) in [4.78, 5) is 13.0. The lowest BCUT2D eigenvalue weighted by Gasteiger charge is -2.32. The number of anilines is 1. The average molecular weight is 433 g/mol. The Bertz CT molecular complexity index is 1060. The van der Waals surface area contributed by atoms with Crippen molar-refractivity contribution in [3.8, 4) is 0 Å². The zero-order valence-electron chi connectivity index (χ0n) is 18.2. The first-order chi connectivity index (χ1) is 14.0. The van der Waals surface area contributed by atoms with Crippen LogP contribution in [0.1, 0.15) is 40.7 Å². The molecule has 0 aliphatic carbocycles. The van der Waals surface area contributed by atoms with Crippen molar-refractivity contribution in [3.63, 3.8) is 0 Å². The molecule has 7 heteroatoms. The van der Waals surface area contributed by atoms with Crippen LogP contribution in [0.25, 0.3) is 0 Å². The van der Waals surface area contributed by atoms with Gasteiger partial charge in [-0.25, -0.2) is 12.8 Å². The van der Waals surface area contributed by atoms with Crippen molar-refractivity contribution in [1.82, 2.24) is 4.31 Å². The molecule has 1 aliphatic heterocycles. The van der Waals surface area contributed by atoms with Gasteiger partial charge < -0.3 is 5.32 Å². The molecule has 0 unspecified atom stereocenters. The molecule has 0 spiro atoms. The lowest BCUT2D eigenvalue weighted by atomic mass is 9.97. The number of nitrogens with zero attached hydrogens (tertiary/aromatic N) is 1. The summed E-state index contributed by atoms with van der Waals surface area (Å²) in [6, 6.07) is 6.57. The first-order valence-electron chi connectivity index (χ1n) is 10.2. The fraction of sp³-hybridized carbons (Fsp3) is 0.435. The van der Waals surface area contributed by atoms with E-state index in [-0.39, 0.29) is 30.6 Å². The Hall–Kier alpha value is -2.25. The molecule has 5 nitrogen and oxygen atoms in total. The lowest BCUT2D eigenvalue weighted by Crippen LogP contribution is -2.42. The van der Waals surface area contributed by atoms with Crippen LogP contribution in [0.15, 0.2) is 29.2 Å². The first-order valence-corrected chi connectivity index (χ1v) is 11.6. The summed E-state index contributed by atoms with van der Waals surface area (Å²) >= 11 is 0. The predicted octanol–water partition coefficient (Wildman–Crippen LogP) is 4.41. The Labute approximate surface area is 178 Å². The van der Waals surface area contributed by atoms with Gasteiger partial charge in [-0.1, -0.05) is 12.1 Å². The molecule has 162 valence electrons. The number of halogens is 1. The third-order valence-electron chi connectivity index (χ3n) is 6.10. The standard InChI is InChI=1S/C23H29FN2O3S/c1-14-6-7-20(24)21(12-14)25-23(27)19-8-10-26(11-9-19)30(28,29)22-17(4)15(2)13-16(3)18(22)5/h6-7,12-13,19H,8-11H2,1-5H3,(H,25,27). The minimum atomic E-state index is -3.65. The minimum absolute atomic E-state index is 0.163. The van der Waals surface area contributed by atoms with Crippen LogP contribution in [0.2, 0.25) is 0 Å². The molecule has 30 heavy (non-hydrogen) atoms. The zero-order valence-corrected chi connectivity index (χ0v) is 19.0. The largest absolute Gasteiger partial charge is 0.323 e. The molecule has 3 rings (SSSR count). The highest BCUT2D eigenvalue weighted by Gasteiger charge is 2.34. The van der Waals surface area contributed by atoms with Gasteiger partial charge in [0.1, 0.15) is 5.82 Å². The van der Waals surface area contributed by atoms with Gasteiger partial charge in [0.05, 0.1) is 10.6 Å². The Morgan fingerprint density at radius 3 is 2.13 bits per heavy atom. The molecule has 1 saturated heterocycles. The molecule has 1 aliphatic rings. The molecule has 0 saturated carbocycles. The number of aryl methyl sites for hydroxylation is 3.